The van der Waals surface area contributed by atoms with Crippen LogP contribution >= 0.6 is 34.4 Å². The zero-order chi connectivity index (χ0) is 23.7. The average molecular weight is 507 g/mol. The second-order valence-corrected chi connectivity index (χ2v) is 11.9. The Morgan fingerprint density at radius 2 is 2.09 bits per heavy atom. The first-order valence-corrected chi connectivity index (χ1v) is 13.4. The van der Waals surface area contributed by atoms with E-state index in [0.717, 1.165) is 29.7 Å². The summed E-state index contributed by atoms with van der Waals surface area (Å²) in [6, 6.07) is 0. The van der Waals surface area contributed by atoms with Crippen molar-refractivity contribution in [2.24, 2.45) is 11.8 Å². The number of thiazole rings is 1. The van der Waals surface area contributed by atoms with Crippen molar-refractivity contribution in [1.29, 1.82) is 0 Å². The number of carbonyl (C=O) groups excluding carboxylic acids is 2. The molecule has 3 heterocycles. The molecule has 2 N–H and O–H groups in total. The third kappa shape index (κ3) is 5.47. The summed E-state index contributed by atoms with van der Waals surface area (Å²) in [5.41, 5.74) is 1.21. The SMILES string of the molecule is Cc1sc(NC(=O)CSc2nc3sc4c(c3c(=O)[nH]2)CCC(C)C4)nc1C(=O)OCC(C)C. The minimum atomic E-state index is -0.490. The molecule has 1 aliphatic carbocycles. The van der Waals surface area contributed by atoms with Gasteiger partial charge >= 0.3 is 5.97 Å². The van der Waals surface area contributed by atoms with Crippen LogP contribution in [0.1, 0.15) is 53.0 Å². The molecule has 0 saturated carbocycles. The largest absolute Gasteiger partial charge is 0.461 e. The Kier molecular flexibility index (Phi) is 7.20. The van der Waals surface area contributed by atoms with Crippen LogP contribution in [0, 0.1) is 18.8 Å². The predicted octanol–water partition coefficient (Wildman–Crippen LogP) is 4.42. The number of thiophene rings is 1. The van der Waals surface area contributed by atoms with Crippen LogP contribution in [-0.4, -0.2) is 39.2 Å². The van der Waals surface area contributed by atoms with Crippen molar-refractivity contribution in [3.05, 3.63) is 31.4 Å². The Bertz CT molecular complexity index is 1260. The van der Waals surface area contributed by atoms with Gasteiger partial charge in [0.1, 0.15) is 4.83 Å². The molecule has 176 valence electrons. The van der Waals surface area contributed by atoms with Gasteiger partial charge in [-0.1, -0.05) is 32.5 Å². The Hall–Kier alpha value is -2.24. The smallest absolute Gasteiger partial charge is 0.358 e. The van der Waals surface area contributed by atoms with E-state index in [1.165, 1.54) is 28.0 Å². The first kappa shape index (κ1) is 23.9. The summed E-state index contributed by atoms with van der Waals surface area (Å²) in [4.78, 5) is 51.6. The third-order valence-electron chi connectivity index (χ3n) is 5.27. The van der Waals surface area contributed by atoms with Gasteiger partial charge in [0.15, 0.2) is 16.0 Å². The molecule has 1 unspecified atom stereocenters. The summed E-state index contributed by atoms with van der Waals surface area (Å²) in [6.45, 7) is 8.22. The van der Waals surface area contributed by atoms with E-state index in [1.807, 2.05) is 13.8 Å². The van der Waals surface area contributed by atoms with Crippen LogP contribution in [0.15, 0.2) is 9.95 Å². The van der Waals surface area contributed by atoms with Crippen LogP contribution in [-0.2, 0) is 22.4 Å². The molecule has 1 atom stereocenters. The van der Waals surface area contributed by atoms with Gasteiger partial charge in [0.2, 0.25) is 5.91 Å². The molecule has 33 heavy (non-hydrogen) atoms. The molecule has 4 rings (SSSR count). The molecule has 8 nitrogen and oxygen atoms in total. The third-order valence-corrected chi connectivity index (χ3v) is 8.18. The number of aromatic nitrogens is 3. The van der Waals surface area contributed by atoms with E-state index in [-0.39, 0.29) is 28.8 Å². The number of carbonyl (C=O) groups is 2. The number of hydrogen-bond acceptors (Lipinski definition) is 9. The fourth-order valence-electron chi connectivity index (χ4n) is 3.64. The van der Waals surface area contributed by atoms with Crippen molar-refractivity contribution in [3.8, 4) is 0 Å². The normalized spacial score (nSPS) is 15.6. The lowest BCUT2D eigenvalue weighted by Crippen LogP contribution is -2.16. The van der Waals surface area contributed by atoms with E-state index in [2.05, 4.69) is 27.2 Å². The molecule has 3 aromatic rings. The Labute approximate surface area is 203 Å². The monoisotopic (exact) mass is 506 g/mol. The van der Waals surface area contributed by atoms with E-state index in [1.54, 1.807) is 18.3 Å². The Morgan fingerprint density at radius 3 is 2.85 bits per heavy atom. The number of amides is 1. The first-order valence-electron chi connectivity index (χ1n) is 10.8. The lowest BCUT2D eigenvalue weighted by molar-refractivity contribution is -0.113. The summed E-state index contributed by atoms with van der Waals surface area (Å²) >= 11 is 3.97. The number of fused-ring (bicyclic) bond motifs is 3. The highest BCUT2D eigenvalue weighted by molar-refractivity contribution is 7.99. The van der Waals surface area contributed by atoms with Gasteiger partial charge < -0.3 is 15.0 Å². The number of nitrogens with one attached hydrogen (secondary N) is 2. The summed E-state index contributed by atoms with van der Waals surface area (Å²) in [5, 5.41) is 4.17. The molecule has 0 fully saturated rings. The molecule has 0 aliphatic heterocycles. The maximum atomic E-state index is 12.7. The molecular weight excluding hydrogens is 480 g/mol. The number of esters is 1. The Balaban J connectivity index is 1.40. The number of nitrogens with zero attached hydrogens (tertiary/aromatic N) is 2. The number of hydrogen-bond donors (Lipinski definition) is 2. The van der Waals surface area contributed by atoms with E-state index >= 15 is 0 Å². The van der Waals surface area contributed by atoms with E-state index in [0.29, 0.717) is 33.1 Å². The summed E-state index contributed by atoms with van der Waals surface area (Å²) in [5.74, 6) is 0.122. The van der Waals surface area contributed by atoms with Crippen molar-refractivity contribution in [2.45, 2.75) is 52.1 Å². The van der Waals surface area contributed by atoms with Crippen LogP contribution in [0.5, 0.6) is 0 Å². The predicted molar refractivity (Wildman–Crippen MR) is 133 cm³/mol. The maximum absolute atomic E-state index is 12.7. The van der Waals surface area contributed by atoms with Gasteiger partial charge in [-0.2, -0.15) is 0 Å². The van der Waals surface area contributed by atoms with Crippen LogP contribution in [0.2, 0.25) is 0 Å². The van der Waals surface area contributed by atoms with Crippen LogP contribution < -0.4 is 10.9 Å². The fraction of sp³-hybridized carbons (Fsp3) is 0.500. The molecule has 11 heteroatoms. The van der Waals surface area contributed by atoms with Gasteiger partial charge in [-0.3, -0.25) is 9.59 Å². The fourth-order valence-corrected chi connectivity index (χ4v) is 6.56. The van der Waals surface area contributed by atoms with E-state index in [4.69, 9.17) is 4.74 Å². The highest BCUT2D eigenvalue weighted by Gasteiger charge is 2.23. The molecule has 1 amide bonds. The van der Waals surface area contributed by atoms with Gasteiger partial charge in [0.05, 0.1) is 17.7 Å². The van der Waals surface area contributed by atoms with E-state index < -0.39 is 5.97 Å². The van der Waals surface area contributed by atoms with Crippen LogP contribution in [0.25, 0.3) is 10.2 Å². The van der Waals surface area contributed by atoms with E-state index in [9.17, 15) is 14.4 Å². The average Bonchev–Trinajstić information content (AvgIpc) is 3.29. The first-order chi connectivity index (χ1) is 15.7. The molecule has 0 aromatic carbocycles. The number of aryl methyl sites for hydroxylation is 2. The minimum absolute atomic E-state index is 0.0579. The number of aromatic amines is 1. The number of thioether (sulfide) groups is 1. The van der Waals surface area contributed by atoms with Crippen molar-refractivity contribution >= 4 is 61.7 Å². The topological polar surface area (TPSA) is 114 Å². The molecular formula is C22H26N4O4S3. The summed E-state index contributed by atoms with van der Waals surface area (Å²) in [6.07, 6.45) is 2.99. The number of ether oxygens (including phenoxy) is 1. The molecule has 0 spiro atoms. The maximum Gasteiger partial charge on any atom is 0.358 e. The number of rotatable bonds is 7. The standard InChI is InChI=1S/C22H26N4O4S3/c1-10(2)8-30-20(29)17-12(4)32-22(24-17)23-15(27)9-31-21-25-18(28)16-13-6-5-11(3)7-14(13)33-19(16)26-21/h10-11H,5-9H2,1-4H3,(H,23,24,27)(H,25,26,28). The molecule has 0 radical (unpaired) electrons. The Morgan fingerprint density at radius 1 is 1.30 bits per heavy atom. The lowest BCUT2D eigenvalue weighted by Gasteiger charge is -2.17. The highest BCUT2D eigenvalue weighted by atomic mass is 32.2. The lowest BCUT2D eigenvalue weighted by atomic mass is 9.89. The van der Waals surface area contributed by atoms with Gasteiger partial charge in [-0.15, -0.1) is 22.7 Å². The number of anilines is 1. The van der Waals surface area contributed by atoms with Gasteiger partial charge in [0.25, 0.3) is 5.56 Å². The molecule has 3 aromatic heterocycles. The molecule has 0 bridgehead atoms. The molecule has 1 aliphatic rings. The summed E-state index contributed by atoms with van der Waals surface area (Å²) in [7, 11) is 0. The van der Waals surface area contributed by atoms with Crippen LogP contribution in [0.4, 0.5) is 5.13 Å². The van der Waals surface area contributed by atoms with Crippen molar-refractivity contribution in [1.82, 2.24) is 15.0 Å². The van der Waals surface area contributed by atoms with Crippen molar-refractivity contribution < 1.29 is 14.3 Å². The van der Waals surface area contributed by atoms with Crippen LogP contribution in [0.3, 0.4) is 0 Å². The quantitative estimate of drug-likeness (QED) is 0.277. The van der Waals surface area contributed by atoms with Gasteiger partial charge in [-0.25, -0.2) is 14.8 Å². The van der Waals surface area contributed by atoms with Crippen molar-refractivity contribution in [2.75, 3.05) is 17.7 Å². The second-order valence-electron chi connectivity index (χ2n) is 8.66. The van der Waals surface area contributed by atoms with Crippen molar-refractivity contribution in [3.63, 3.8) is 0 Å². The molecule has 0 saturated heterocycles. The van der Waals surface area contributed by atoms with Gasteiger partial charge in [0, 0.05) is 9.75 Å². The zero-order valence-electron chi connectivity index (χ0n) is 18.9. The highest BCUT2D eigenvalue weighted by Crippen LogP contribution is 2.36. The zero-order valence-corrected chi connectivity index (χ0v) is 21.4. The number of H-pyrrole nitrogens is 1. The summed E-state index contributed by atoms with van der Waals surface area (Å²) < 4.78 is 5.22. The minimum Gasteiger partial charge on any atom is -0.461 e. The van der Waals surface area contributed by atoms with Gasteiger partial charge in [-0.05, 0) is 43.6 Å². The second kappa shape index (κ2) is 9.94.